The number of anilines is 1. The zero-order valence-electron chi connectivity index (χ0n) is 24.6. The second kappa shape index (κ2) is 15.3. The van der Waals surface area contributed by atoms with Crippen molar-refractivity contribution in [2.45, 2.75) is 36.5 Å². The lowest BCUT2D eigenvalue weighted by Gasteiger charge is -2.50. The normalized spacial score (nSPS) is 17.3. The molecule has 1 fully saturated rings. The van der Waals surface area contributed by atoms with Crippen molar-refractivity contribution in [3.8, 4) is 11.3 Å². The van der Waals surface area contributed by atoms with Crippen LogP contribution in [0.2, 0.25) is 0 Å². The first-order chi connectivity index (χ1) is 21.9. The maximum absolute atomic E-state index is 13.2. The summed E-state index contributed by atoms with van der Waals surface area (Å²) in [7, 11) is 1.91. The van der Waals surface area contributed by atoms with Gasteiger partial charge in [-0.3, -0.25) is 24.1 Å². The summed E-state index contributed by atoms with van der Waals surface area (Å²) < 4.78 is 6.57. The van der Waals surface area contributed by atoms with Gasteiger partial charge in [0.05, 0.1) is 17.4 Å². The van der Waals surface area contributed by atoms with E-state index in [-0.39, 0.29) is 40.6 Å². The summed E-state index contributed by atoms with van der Waals surface area (Å²) in [5.41, 5.74) is 1.14. The number of carboxylic acid groups (broad SMARTS) is 2. The van der Waals surface area contributed by atoms with Crippen LogP contribution >= 0.6 is 46.4 Å². The van der Waals surface area contributed by atoms with Crippen LogP contribution in [0.5, 0.6) is 0 Å². The van der Waals surface area contributed by atoms with Gasteiger partial charge in [-0.2, -0.15) is 9.36 Å². The van der Waals surface area contributed by atoms with Crippen LogP contribution in [0.3, 0.4) is 0 Å². The molecule has 0 radical (unpaired) electrons. The zero-order chi connectivity index (χ0) is 33.5. The van der Waals surface area contributed by atoms with Crippen molar-refractivity contribution >= 4 is 86.9 Å². The quantitative estimate of drug-likeness (QED) is 0.113. The van der Waals surface area contributed by atoms with Gasteiger partial charge in [-0.1, -0.05) is 16.9 Å². The van der Waals surface area contributed by atoms with Crippen molar-refractivity contribution in [2.75, 3.05) is 17.7 Å². The highest BCUT2D eigenvalue weighted by Crippen LogP contribution is 2.45. The number of carbonyl (C=O) groups excluding carboxylic acids is 4. The highest BCUT2D eigenvalue weighted by atomic mass is 32.2. The van der Waals surface area contributed by atoms with E-state index in [2.05, 4.69) is 30.1 Å². The van der Waals surface area contributed by atoms with Crippen molar-refractivity contribution in [2.24, 2.45) is 12.2 Å². The zero-order valence-corrected chi connectivity index (χ0v) is 27.8. The van der Waals surface area contributed by atoms with Crippen LogP contribution in [-0.2, 0) is 35.9 Å². The SMILES string of the molecule is CC(=O)O.CCON=C(C(=O)N[C@@H]1C(=O)N2C(C(=O)[O-])=C(Sc3nc(-c4cc[n+](C)cc4)cs3)CS[C@H]12)c1nsc(NC(C)=O)n1. The van der Waals surface area contributed by atoms with Gasteiger partial charge in [-0.15, -0.1) is 23.1 Å². The number of nitrogens with one attached hydrogen (secondary N) is 2. The van der Waals surface area contributed by atoms with Gasteiger partial charge in [-0.05, 0) is 6.92 Å². The van der Waals surface area contributed by atoms with Crippen LogP contribution in [0.1, 0.15) is 26.6 Å². The number of hydrogen-bond donors (Lipinski definition) is 3. The number of aliphatic carboxylic acids is 2. The Bertz CT molecular complexity index is 1720. The fourth-order valence-corrected chi connectivity index (χ4v) is 7.99. The number of aromatic nitrogens is 4. The smallest absolute Gasteiger partial charge is 0.300 e. The van der Waals surface area contributed by atoms with Gasteiger partial charge in [0.25, 0.3) is 17.8 Å². The lowest BCUT2D eigenvalue weighted by Crippen LogP contribution is -2.71. The van der Waals surface area contributed by atoms with E-state index in [0.717, 1.165) is 34.6 Å². The Hall–Kier alpha value is -4.40. The Kier molecular flexibility index (Phi) is 11.4. The summed E-state index contributed by atoms with van der Waals surface area (Å²) in [6.07, 6.45) is 3.81. The maximum Gasteiger partial charge on any atom is 0.300 e. The molecule has 3 amide bonds. The molecule has 0 bridgehead atoms. The molecule has 2 aliphatic heterocycles. The van der Waals surface area contributed by atoms with Crippen LogP contribution in [0.25, 0.3) is 11.3 Å². The minimum absolute atomic E-state index is 0.101. The van der Waals surface area contributed by atoms with E-state index >= 15 is 0 Å². The molecule has 0 unspecified atom stereocenters. The molecule has 242 valence electrons. The molecule has 0 aliphatic carbocycles. The number of aryl methyl sites for hydroxylation is 1. The third-order valence-electron chi connectivity index (χ3n) is 5.80. The Morgan fingerprint density at radius 3 is 2.57 bits per heavy atom. The van der Waals surface area contributed by atoms with Gasteiger partial charge in [0.2, 0.25) is 22.6 Å². The number of β-lactam (4-membered cyclic amide) rings is 1. The molecule has 3 aromatic rings. The maximum atomic E-state index is 13.2. The number of pyridine rings is 1. The van der Waals surface area contributed by atoms with Gasteiger partial charge in [0.1, 0.15) is 25.1 Å². The lowest BCUT2D eigenvalue weighted by molar-refractivity contribution is -0.671. The molecule has 2 atom stereocenters. The highest BCUT2D eigenvalue weighted by molar-refractivity contribution is 8.07. The molecular formula is C26H26N8O8S4. The van der Waals surface area contributed by atoms with Crippen LogP contribution in [-0.4, -0.2) is 83.5 Å². The number of carbonyl (C=O) groups is 5. The Labute approximate surface area is 278 Å². The molecule has 5 rings (SSSR count). The molecule has 16 nitrogen and oxygen atoms in total. The van der Waals surface area contributed by atoms with E-state index in [1.165, 1.54) is 41.8 Å². The van der Waals surface area contributed by atoms with Gasteiger partial charge in [0.15, 0.2) is 16.7 Å². The van der Waals surface area contributed by atoms with Crippen molar-refractivity contribution < 1.29 is 43.6 Å². The molecule has 1 saturated heterocycles. The molecule has 0 saturated carbocycles. The topological polar surface area (TPSA) is 220 Å². The third-order valence-corrected chi connectivity index (χ3v) is 9.92. The number of oxime groups is 1. The first-order valence-corrected chi connectivity index (χ1v) is 16.7. The highest BCUT2D eigenvalue weighted by Gasteiger charge is 2.53. The number of fused-ring (bicyclic) bond motifs is 1. The number of hydrogen-bond acceptors (Lipinski definition) is 15. The molecule has 46 heavy (non-hydrogen) atoms. The largest absolute Gasteiger partial charge is 0.543 e. The summed E-state index contributed by atoms with van der Waals surface area (Å²) >= 11 is 4.69. The minimum atomic E-state index is -1.50. The van der Waals surface area contributed by atoms with E-state index in [1.54, 1.807) is 6.92 Å². The Balaban J connectivity index is 0.00000113. The molecule has 0 aromatic carbocycles. The first kappa shape index (κ1) is 34.5. The Morgan fingerprint density at radius 2 is 1.93 bits per heavy atom. The van der Waals surface area contributed by atoms with Crippen molar-refractivity contribution in [3.63, 3.8) is 0 Å². The number of carboxylic acids is 2. The fraction of sp³-hybridized carbons (Fsp3) is 0.308. The monoisotopic (exact) mass is 706 g/mol. The average Bonchev–Trinajstić information content (AvgIpc) is 3.65. The summed E-state index contributed by atoms with van der Waals surface area (Å²) in [5.74, 6) is -3.94. The summed E-state index contributed by atoms with van der Waals surface area (Å²) in [5, 5.41) is 29.8. The van der Waals surface area contributed by atoms with E-state index in [1.807, 2.05) is 41.5 Å². The third kappa shape index (κ3) is 8.24. The van der Waals surface area contributed by atoms with Crippen LogP contribution < -0.4 is 20.3 Å². The number of thiazole rings is 1. The molecule has 0 spiro atoms. The number of thioether (sulfide) groups is 2. The summed E-state index contributed by atoms with van der Waals surface area (Å²) in [6.45, 7) is 4.20. The van der Waals surface area contributed by atoms with Crippen molar-refractivity contribution in [1.82, 2.24) is 24.6 Å². The summed E-state index contributed by atoms with van der Waals surface area (Å²) in [6, 6.07) is 2.83. The predicted molar refractivity (Wildman–Crippen MR) is 167 cm³/mol. The lowest BCUT2D eigenvalue weighted by atomic mass is 10.0. The molecule has 20 heteroatoms. The van der Waals surface area contributed by atoms with Gasteiger partial charge in [0, 0.05) is 59.1 Å². The predicted octanol–water partition coefficient (Wildman–Crippen LogP) is 0.430. The summed E-state index contributed by atoms with van der Waals surface area (Å²) in [4.78, 5) is 74.1. The second-order valence-electron chi connectivity index (χ2n) is 9.25. The molecular weight excluding hydrogens is 681 g/mol. The number of amides is 3. The van der Waals surface area contributed by atoms with E-state index in [9.17, 15) is 24.3 Å². The number of rotatable bonds is 10. The first-order valence-electron chi connectivity index (χ1n) is 13.2. The van der Waals surface area contributed by atoms with E-state index in [4.69, 9.17) is 14.7 Å². The molecule has 3 N–H and O–H groups in total. The van der Waals surface area contributed by atoms with E-state index < -0.39 is 35.2 Å². The van der Waals surface area contributed by atoms with Crippen molar-refractivity contribution in [1.29, 1.82) is 0 Å². The standard InChI is InChI=1S/C24H22N8O6S4.C2H4O2/c1-4-38-29-15(18-28-23(42-30-18)25-11(2)33)19(34)27-16-20(35)32-17(22(36)37)14(10-39-21(16)32)41-24-26-13(9-40-24)12-5-7-31(3)8-6-12;1-2(3)4/h5-9,16,21H,4,10H2,1-3H3,(H2-,25,27,28,30,33,34,36,37);1H3,(H,3,4)/t16-,21-;/m1./s1. The van der Waals surface area contributed by atoms with Crippen molar-refractivity contribution in [3.05, 3.63) is 46.3 Å². The van der Waals surface area contributed by atoms with Crippen LogP contribution in [0, 0.1) is 0 Å². The van der Waals surface area contributed by atoms with E-state index in [0.29, 0.717) is 9.24 Å². The van der Waals surface area contributed by atoms with Crippen LogP contribution in [0.15, 0.2) is 50.0 Å². The van der Waals surface area contributed by atoms with Gasteiger partial charge >= 0.3 is 0 Å². The Morgan fingerprint density at radius 1 is 1.24 bits per heavy atom. The molecule has 5 heterocycles. The number of nitrogens with zero attached hydrogens (tertiary/aromatic N) is 6. The van der Waals surface area contributed by atoms with Gasteiger partial charge in [-0.25, -0.2) is 9.55 Å². The molecule has 2 aliphatic rings. The average molecular weight is 707 g/mol. The second-order valence-corrected chi connectivity index (χ2v) is 13.3. The minimum Gasteiger partial charge on any atom is -0.543 e. The fourth-order valence-electron chi connectivity index (χ4n) is 3.92. The van der Waals surface area contributed by atoms with Crippen LogP contribution in [0.4, 0.5) is 5.13 Å². The van der Waals surface area contributed by atoms with Gasteiger partial charge < -0.3 is 30.5 Å². The molecule has 3 aromatic heterocycles.